The fraction of sp³-hybridized carbons (Fsp3) is 0.125. The summed E-state index contributed by atoms with van der Waals surface area (Å²) in [6.45, 7) is 0. The molecule has 0 spiro atoms. The van der Waals surface area contributed by atoms with Gasteiger partial charge in [0.1, 0.15) is 5.37 Å². The Morgan fingerprint density at radius 2 is 2.09 bits per heavy atom. The molecule has 1 aliphatic heterocycles. The zero-order valence-corrected chi connectivity index (χ0v) is 6.71. The van der Waals surface area contributed by atoms with Crippen LogP contribution in [0.5, 0.6) is 0 Å². The molecule has 56 valence electrons. The predicted octanol–water partition coefficient (Wildman–Crippen LogP) is 1.96. The number of hydrogen-bond acceptors (Lipinski definition) is 3. The van der Waals surface area contributed by atoms with E-state index in [1.807, 2.05) is 23.7 Å². The third kappa shape index (κ3) is 1.38. The van der Waals surface area contributed by atoms with Crippen molar-refractivity contribution < 1.29 is 0 Å². The Morgan fingerprint density at radius 1 is 1.27 bits per heavy atom. The summed E-state index contributed by atoms with van der Waals surface area (Å²) in [7, 11) is 0. The number of thioether (sulfide) groups is 1. The van der Waals surface area contributed by atoms with Crippen LogP contribution in [0.15, 0.2) is 35.4 Å². The number of rotatable bonds is 1. The van der Waals surface area contributed by atoms with Crippen molar-refractivity contribution in [1.82, 2.24) is 5.43 Å². The van der Waals surface area contributed by atoms with Crippen molar-refractivity contribution in [3.8, 4) is 0 Å². The molecule has 1 atom stereocenters. The third-order valence-electron chi connectivity index (χ3n) is 1.54. The molecule has 1 aromatic carbocycles. The molecule has 1 heterocycles. The van der Waals surface area contributed by atoms with E-state index < -0.39 is 0 Å². The zero-order valence-electron chi connectivity index (χ0n) is 5.90. The lowest BCUT2D eigenvalue weighted by Crippen LogP contribution is -2.05. The Balaban J connectivity index is 2.17. The first-order valence-electron chi connectivity index (χ1n) is 3.44. The number of hydrazone groups is 1. The van der Waals surface area contributed by atoms with Crippen LogP contribution in [0.3, 0.4) is 0 Å². The van der Waals surface area contributed by atoms with Crippen molar-refractivity contribution in [2.75, 3.05) is 0 Å². The molecule has 11 heavy (non-hydrogen) atoms. The molecule has 0 saturated carbocycles. The minimum absolute atomic E-state index is 0.316. The summed E-state index contributed by atoms with van der Waals surface area (Å²) in [6.07, 6.45) is 0. The van der Waals surface area contributed by atoms with Gasteiger partial charge in [-0.2, -0.15) is 5.10 Å². The highest BCUT2D eigenvalue weighted by Crippen LogP contribution is 2.26. The van der Waals surface area contributed by atoms with Gasteiger partial charge in [-0.15, -0.1) is 0 Å². The normalized spacial score (nSPS) is 21.6. The minimum atomic E-state index is 0.316. The molecule has 2 rings (SSSR count). The lowest BCUT2D eigenvalue weighted by atomic mass is 10.2. The number of nitrogens with zero attached hydrogens (tertiary/aromatic N) is 1. The van der Waals surface area contributed by atoms with E-state index >= 15 is 0 Å². The maximum atomic E-state index is 3.93. The highest BCUT2D eigenvalue weighted by atomic mass is 32.2. The molecule has 0 saturated heterocycles. The lowest BCUT2D eigenvalue weighted by molar-refractivity contribution is 0.745. The van der Waals surface area contributed by atoms with Crippen LogP contribution in [0.2, 0.25) is 0 Å². The fourth-order valence-corrected chi connectivity index (χ4v) is 1.68. The maximum absolute atomic E-state index is 3.93. The van der Waals surface area contributed by atoms with Crippen molar-refractivity contribution in [3.05, 3.63) is 35.9 Å². The summed E-state index contributed by atoms with van der Waals surface area (Å²) in [5.41, 5.74) is 6.11. The second-order valence-electron chi connectivity index (χ2n) is 2.29. The van der Waals surface area contributed by atoms with E-state index in [1.165, 1.54) is 5.56 Å². The average Bonchev–Trinajstić information content (AvgIpc) is 2.58. The van der Waals surface area contributed by atoms with E-state index in [0.717, 1.165) is 0 Å². The van der Waals surface area contributed by atoms with Crippen molar-refractivity contribution in [2.45, 2.75) is 5.37 Å². The Bertz CT molecular complexity index is 250. The highest BCUT2D eigenvalue weighted by molar-refractivity contribution is 8.12. The molecule has 0 fully saturated rings. The van der Waals surface area contributed by atoms with E-state index in [4.69, 9.17) is 0 Å². The molecule has 1 unspecified atom stereocenters. The van der Waals surface area contributed by atoms with Crippen LogP contribution >= 0.6 is 11.8 Å². The second kappa shape index (κ2) is 2.96. The maximum Gasteiger partial charge on any atom is 0.120 e. The first-order chi connectivity index (χ1) is 5.47. The van der Waals surface area contributed by atoms with E-state index in [1.54, 1.807) is 11.8 Å². The summed E-state index contributed by atoms with van der Waals surface area (Å²) in [5.74, 6) is 0. The van der Waals surface area contributed by atoms with Crippen LogP contribution in [0.4, 0.5) is 0 Å². The SMILES string of the molecule is C1=NNC(c2ccccc2)S1. The first kappa shape index (κ1) is 6.73. The van der Waals surface area contributed by atoms with E-state index in [0.29, 0.717) is 5.37 Å². The van der Waals surface area contributed by atoms with Gasteiger partial charge in [0.2, 0.25) is 0 Å². The monoisotopic (exact) mass is 164 g/mol. The first-order valence-corrected chi connectivity index (χ1v) is 4.38. The average molecular weight is 164 g/mol. The summed E-state index contributed by atoms with van der Waals surface area (Å²) >= 11 is 1.69. The third-order valence-corrected chi connectivity index (χ3v) is 2.42. The molecule has 3 heteroatoms. The second-order valence-corrected chi connectivity index (χ2v) is 3.24. The van der Waals surface area contributed by atoms with Crippen LogP contribution in [0, 0.1) is 0 Å². The Hall–Kier alpha value is -0.960. The van der Waals surface area contributed by atoms with E-state index in [-0.39, 0.29) is 0 Å². The molecule has 0 bridgehead atoms. The van der Waals surface area contributed by atoms with Gasteiger partial charge in [0, 0.05) is 0 Å². The molecule has 1 aromatic rings. The van der Waals surface area contributed by atoms with Crippen LogP contribution < -0.4 is 5.43 Å². The van der Waals surface area contributed by atoms with Crippen LogP contribution in [0.1, 0.15) is 10.9 Å². The van der Waals surface area contributed by atoms with Crippen LogP contribution in [-0.4, -0.2) is 5.55 Å². The molecule has 0 aliphatic carbocycles. The summed E-state index contributed by atoms with van der Waals surface area (Å²) in [6, 6.07) is 10.3. The Kier molecular flexibility index (Phi) is 1.81. The minimum Gasteiger partial charge on any atom is -0.292 e. The number of benzene rings is 1. The molecular weight excluding hydrogens is 156 g/mol. The number of hydrogen-bond donors (Lipinski definition) is 1. The van der Waals surface area contributed by atoms with Crippen molar-refractivity contribution in [1.29, 1.82) is 0 Å². The summed E-state index contributed by atoms with van der Waals surface area (Å²) < 4.78 is 0. The van der Waals surface area contributed by atoms with Crippen LogP contribution in [0.25, 0.3) is 0 Å². The van der Waals surface area contributed by atoms with Gasteiger partial charge in [-0.1, -0.05) is 42.1 Å². The summed E-state index contributed by atoms with van der Waals surface area (Å²) in [4.78, 5) is 0. The zero-order chi connectivity index (χ0) is 7.52. The molecular formula is C8H8N2S. The molecule has 0 aromatic heterocycles. The molecule has 1 N–H and O–H groups in total. The standard InChI is InChI=1S/C8H8N2S/c1-2-4-7(5-3-1)8-10-9-6-11-8/h1-6,8,10H. The fourth-order valence-electron chi connectivity index (χ4n) is 1.00. The van der Waals surface area contributed by atoms with Crippen molar-refractivity contribution in [3.63, 3.8) is 0 Å². The van der Waals surface area contributed by atoms with Gasteiger partial charge >= 0.3 is 0 Å². The van der Waals surface area contributed by atoms with Crippen LogP contribution in [-0.2, 0) is 0 Å². The molecule has 1 aliphatic rings. The molecule has 2 nitrogen and oxygen atoms in total. The van der Waals surface area contributed by atoms with Gasteiger partial charge in [0.15, 0.2) is 0 Å². The topological polar surface area (TPSA) is 24.4 Å². The number of nitrogens with one attached hydrogen (secondary N) is 1. The Morgan fingerprint density at radius 3 is 2.73 bits per heavy atom. The van der Waals surface area contributed by atoms with Crippen molar-refractivity contribution >= 4 is 17.3 Å². The lowest BCUT2D eigenvalue weighted by Gasteiger charge is -2.07. The highest BCUT2D eigenvalue weighted by Gasteiger charge is 2.12. The van der Waals surface area contributed by atoms with Gasteiger partial charge in [0.05, 0.1) is 5.55 Å². The van der Waals surface area contributed by atoms with Crippen molar-refractivity contribution in [2.24, 2.45) is 5.10 Å². The van der Waals surface area contributed by atoms with Gasteiger partial charge in [-0.25, -0.2) is 0 Å². The predicted molar refractivity (Wildman–Crippen MR) is 48.4 cm³/mol. The molecule has 0 radical (unpaired) electrons. The van der Waals surface area contributed by atoms with Gasteiger partial charge in [-0.3, -0.25) is 5.43 Å². The smallest absolute Gasteiger partial charge is 0.120 e. The van der Waals surface area contributed by atoms with Gasteiger partial charge < -0.3 is 0 Å². The molecule has 0 amide bonds. The summed E-state index contributed by atoms with van der Waals surface area (Å²) in [5, 5.41) is 4.25. The Labute approximate surface area is 69.7 Å². The van der Waals surface area contributed by atoms with Gasteiger partial charge in [0.25, 0.3) is 0 Å². The van der Waals surface area contributed by atoms with Gasteiger partial charge in [-0.05, 0) is 5.56 Å². The van der Waals surface area contributed by atoms with E-state index in [2.05, 4.69) is 22.7 Å². The van der Waals surface area contributed by atoms with E-state index in [9.17, 15) is 0 Å². The quantitative estimate of drug-likeness (QED) is 0.686. The largest absolute Gasteiger partial charge is 0.292 e.